The van der Waals surface area contributed by atoms with E-state index in [1.54, 1.807) is 48.5 Å². The first-order valence-corrected chi connectivity index (χ1v) is 10.7. The van der Waals surface area contributed by atoms with Gasteiger partial charge < -0.3 is 23.7 Å². The van der Waals surface area contributed by atoms with Gasteiger partial charge in [0.25, 0.3) is 0 Å². The fourth-order valence-corrected chi connectivity index (χ4v) is 3.57. The lowest BCUT2D eigenvalue weighted by Crippen LogP contribution is -2.10. The van der Waals surface area contributed by atoms with E-state index in [1.165, 1.54) is 39.5 Å². The van der Waals surface area contributed by atoms with Crippen LogP contribution < -0.4 is 18.9 Å². The van der Waals surface area contributed by atoms with Crippen molar-refractivity contribution in [3.8, 4) is 23.0 Å². The van der Waals surface area contributed by atoms with Crippen LogP contribution >= 0.6 is 11.6 Å². The molecule has 0 saturated carbocycles. The number of cyclic esters (lactones) is 1. The normalized spacial score (nSPS) is 13.8. The number of hydrogen-bond acceptors (Lipinski definition) is 8. The molecule has 1 aliphatic rings. The van der Waals surface area contributed by atoms with E-state index < -0.39 is 11.9 Å². The van der Waals surface area contributed by atoms with Crippen LogP contribution in [0.25, 0.3) is 6.08 Å². The molecule has 0 radical (unpaired) electrons. The zero-order valence-corrected chi connectivity index (χ0v) is 19.8. The van der Waals surface area contributed by atoms with E-state index in [1.807, 2.05) is 0 Å². The lowest BCUT2D eigenvalue weighted by atomic mass is 10.1. The third kappa shape index (κ3) is 4.97. The molecular weight excluding hydrogens is 474 g/mol. The maximum absolute atomic E-state index is 12.9. The molecule has 0 unspecified atom stereocenters. The minimum Gasteiger partial charge on any atom is -0.493 e. The van der Waals surface area contributed by atoms with E-state index in [-0.39, 0.29) is 22.9 Å². The smallest absolute Gasteiger partial charge is 0.363 e. The summed E-state index contributed by atoms with van der Waals surface area (Å²) in [4.78, 5) is 29.7. The van der Waals surface area contributed by atoms with Gasteiger partial charge in [0.2, 0.25) is 11.6 Å². The number of carbonyl (C=O) groups is 2. The summed E-state index contributed by atoms with van der Waals surface area (Å²) in [6.45, 7) is 0. The number of para-hydroxylation sites is 1. The molecule has 8 nitrogen and oxygen atoms in total. The van der Waals surface area contributed by atoms with Crippen LogP contribution in [0.1, 0.15) is 21.5 Å². The third-order valence-corrected chi connectivity index (χ3v) is 5.37. The van der Waals surface area contributed by atoms with Crippen molar-refractivity contribution < 1.29 is 33.3 Å². The monoisotopic (exact) mass is 493 g/mol. The molecule has 0 aliphatic carbocycles. The van der Waals surface area contributed by atoms with Crippen molar-refractivity contribution in [3.63, 3.8) is 0 Å². The molecule has 0 bridgehead atoms. The highest BCUT2D eigenvalue weighted by molar-refractivity contribution is 6.34. The highest BCUT2D eigenvalue weighted by Gasteiger charge is 2.26. The number of aliphatic imine (C=N–C) groups is 1. The Bertz CT molecular complexity index is 1340. The van der Waals surface area contributed by atoms with Gasteiger partial charge in [-0.15, -0.1) is 0 Å². The Kier molecular flexibility index (Phi) is 7.03. The first-order valence-electron chi connectivity index (χ1n) is 10.3. The van der Waals surface area contributed by atoms with E-state index in [2.05, 4.69) is 4.99 Å². The van der Waals surface area contributed by atoms with Gasteiger partial charge in [-0.3, -0.25) is 0 Å². The topological polar surface area (TPSA) is 92.7 Å². The fourth-order valence-electron chi connectivity index (χ4n) is 3.36. The van der Waals surface area contributed by atoms with Gasteiger partial charge in [0, 0.05) is 5.56 Å². The second kappa shape index (κ2) is 10.3. The van der Waals surface area contributed by atoms with E-state index >= 15 is 0 Å². The minimum atomic E-state index is -0.663. The molecular formula is C26H20ClNO7. The number of carbonyl (C=O) groups excluding carboxylic acids is 2. The highest BCUT2D eigenvalue weighted by atomic mass is 35.5. The molecule has 1 aliphatic heterocycles. The van der Waals surface area contributed by atoms with Crippen molar-refractivity contribution in [2.24, 2.45) is 4.99 Å². The molecule has 1 heterocycles. The number of halogens is 1. The van der Waals surface area contributed by atoms with Gasteiger partial charge in [0.05, 0.1) is 37.5 Å². The zero-order chi connectivity index (χ0) is 24.9. The number of nitrogens with zero attached hydrogens (tertiary/aromatic N) is 1. The van der Waals surface area contributed by atoms with Gasteiger partial charge in [-0.2, -0.15) is 0 Å². The minimum absolute atomic E-state index is 0.0382. The van der Waals surface area contributed by atoms with Crippen molar-refractivity contribution >= 4 is 35.5 Å². The van der Waals surface area contributed by atoms with Crippen LogP contribution in [0.3, 0.4) is 0 Å². The molecule has 35 heavy (non-hydrogen) atoms. The van der Waals surface area contributed by atoms with Crippen LogP contribution in [-0.4, -0.2) is 39.2 Å². The number of esters is 2. The Hall–Kier alpha value is -4.30. The second-order valence-electron chi connectivity index (χ2n) is 7.16. The maximum atomic E-state index is 12.9. The van der Waals surface area contributed by atoms with E-state index in [0.717, 1.165) is 0 Å². The molecule has 9 heteroatoms. The summed E-state index contributed by atoms with van der Waals surface area (Å²) in [5.74, 6) is -0.0287. The second-order valence-corrected chi connectivity index (χ2v) is 7.56. The zero-order valence-electron chi connectivity index (χ0n) is 19.0. The number of rotatable bonds is 7. The van der Waals surface area contributed by atoms with Crippen molar-refractivity contribution in [1.82, 2.24) is 0 Å². The summed E-state index contributed by atoms with van der Waals surface area (Å²) < 4.78 is 26.8. The van der Waals surface area contributed by atoms with E-state index in [4.69, 9.17) is 35.3 Å². The molecule has 3 aromatic carbocycles. The van der Waals surface area contributed by atoms with Gasteiger partial charge >= 0.3 is 11.9 Å². The molecule has 0 aromatic heterocycles. The van der Waals surface area contributed by atoms with E-state index in [9.17, 15) is 9.59 Å². The summed E-state index contributed by atoms with van der Waals surface area (Å²) in [7, 11) is 4.37. The van der Waals surface area contributed by atoms with Crippen LogP contribution in [0.2, 0.25) is 5.02 Å². The molecule has 0 saturated heterocycles. The molecule has 3 aromatic rings. The quantitative estimate of drug-likeness (QED) is 0.262. The average Bonchev–Trinajstić information content (AvgIpc) is 3.23. The summed E-state index contributed by atoms with van der Waals surface area (Å²) in [6, 6.07) is 16.6. The predicted octanol–water partition coefficient (Wildman–Crippen LogP) is 4.93. The van der Waals surface area contributed by atoms with Crippen molar-refractivity contribution in [1.29, 1.82) is 0 Å². The van der Waals surface area contributed by atoms with Gasteiger partial charge in [-0.1, -0.05) is 41.9 Å². The lowest BCUT2D eigenvalue weighted by molar-refractivity contribution is -0.129. The van der Waals surface area contributed by atoms with Crippen LogP contribution in [-0.2, 0) is 9.53 Å². The molecule has 0 spiro atoms. The summed E-state index contributed by atoms with van der Waals surface area (Å²) >= 11 is 6.19. The van der Waals surface area contributed by atoms with Gasteiger partial charge in [0.1, 0.15) is 5.75 Å². The van der Waals surface area contributed by atoms with Crippen molar-refractivity contribution in [2.75, 3.05) is 21.3 Å². The maximum Gasteiger partial charge on any atom is 0.363 e. The first kappa shape index (κ1) is 23.8. The average molecular weight is 494 g/mol. The molecule has 4 rings (SSSR count). The standard InChI is InChI=1S/C26H20ClNO7/c1-31-21-13-16(14-22(32-2)23(21)33-3)25(29)34-20-11-7-4-8-15(20)12-19-26(30)35-24(28-19)17-9-5-6-10-18(17)27/h4-14H,1-3H3/b19-12-. The largest absolute Gasteiger partial charge is 0.493 e. The lowest BCUT2D eigenvalue weighted by Gasteiger charge is -2.14. The van der Waals surface area contributed by atoms with Crippen LogP contribution in [0.5, 0.6) is 23.0 Å². The first-order chi connectivity index (χ1) is 16.9. The molecule has 178 valence electrons. The fraction of sp³-hybridized carbons (Fsp3) is 0.115. The van der Waals surface area contributed by atoms with Gasteiger partial charge in [-0.05, 0) is 36.4 Å². The molecule has 0 atom stereocenters. The van der Waals surface area contributed by atoms with Crippen molar-refractivity contribution in [3.05, 3.63) is 88.1 Å². The number of benzene rings is 3. The van der Waals surface area contributed by atoms with E-state index in [0.29, 0.717) is 33.4 Å². The summed E-state index contributed by atoms with van der Waals surface area (Å²) in [6.07, 6.45) is 1.48. The van der Waals surface area contributed by atoms with Crippen molar-refractivity contribution in [2.45, 2.75) is 0 Å². The Balaban J connectivity index is 1.64. The van der Waals surface area contributed by atoms with Crippen LogP contribution in [0, 0.1) is 0 Å². The predicted molar refractivity (Wildman–Crippen MR) is 130 cm³/mol. The van der Waals surface area contributed by atoms with Gasteiger partial charge in [0.15, 0.2) is 17.2 Å². The Labute approximate surface area is 206 Å². The van der Waals surface area contributed by atoms with Gasteiger partial charge in [-0.25, -0.2) is 14.6 Å². The number of hydrogen-bond donors (Lipinski definition) is 0. The molecule has 0 fully saturated rings. The van der Waals surface area contributed by atoms with Crippen LogP contribution in [0.15, 0.2) is 71.4 Å². The Morgan fingerprint density at radius 3 is 2.23 bits per heavy atom. The molecule has 0 amide bonds. The number of methoxy groups -OCH3 is 3. The van der Waals surface area contributed by atoms with Crippen LogP contribution in [0.4, 0.5) is 0 Å². The Morgan fingerprint density at radius 2 is 1.57 bits per heavy atom. The molecule has 0 N–H and O–H groups in total. The summed E-state index contributed by atoms with van der Waals surface area (Å²) in [5.41, 5.74) is 1.16. The Morgan fingerprint density at radius 1 is 0.914 bits per heavy atom. The number of ether oxygens (including phenoxy) is 5. The third-order valence-electron chi connectivity index (χ3n) is 5.04. The highest BCUT2D eigenvalue weighted by Crippen LogP contribution is 2.38. The SMILES string of the molecule is COc1cc(C(=O)Oc2ccccc2/C=C2\N=C(c3ccccc3Cl)OC2=O)cc(OC)c1OC. The summed E-state index contributed by atoms with van der Waals surface area (Å²) in [5, 5.41) is 0.403.